The van der Waals surface area contributed by atoms with Crippen LogP contribution in [0.2, 0.25) is 0 Å². The molecule has 4 N–H and O–H groups in total. The largest absolute Gasteiger partial charge is 0.354 e. The third-order valence-electron chi connectivity index (χ3n) is 2.69. The molecule has 0 aliphatic rings. The molecule has 2 amide bonds. The first kappa shape index (κ1) is 15.7. The van der Waals surface area contributed by atoms with Crippen molar-refractivity contribution in [1.29, 1.82) is 0 Å². The summed E-state index contributed by atoms with van der Waals surface area (Å²) in [6, 6.07) is 7.76. The van der Waals surface area contributed by atoms with E-state index >= 15 is 0 Å². The van der Waals surface area contributed by atoms with Crippen LogP contribution in [0, 0.1) is 0 Å². The number of nitrogens with two attached hydrogens (primary N) is 1. The van der Waals surface area contributed by atoms with Gasteiger partial charge in [0.15, 0.2) is 13.1 Å². The number of quaternary nitrogens is 1. The van der Waals surface area contributed by atoms with Crippen LogP contribution >= 0.6 is 15.9 Å². The first-order chi connectivity index (χ1) is 9.02. The summed E-state index contributed by atoms with van der Waals surface area (Å²) in [6.07, 6.45) is 0. The van der Waals surface area contributed by atoms with Crippen molar-refractivity contribution in [2.45, 2.75) is 13.0 Å². The van der Waals surface area contributed by atoms with Gasteiger partial charge >= 0.3 is 0 Å². The Labute approximate surface area is 121 Å². The number of halogens is 1. The van der Waals surface area contributed by atoms with Crippen molar-refractivity contribution in [3.05, 3.63) is 34.3 Å². The standard InChI is InChI=1S/C13H18BrN3O2/c1-9(10-3-5-11(14)6-4-10)17-13(19)8-16-7-12(18)15-2/h3-6,9,16H,7-8H2,1-2H3,(H,15,18)(H,17,19)/p+1/t9-/m0/s1. The summed E-state index contributed by atoms with van der Waals surface area (Å²) < 4.78 is 1.01. The summed E-state index contributed by atoms with van der Waals surface area (Å²) >= 11 is 3.37. The molecule has 6 heteroatoms. The molecule has 0 spiro atoms. The second-order valence-corrected chi connectivity index (χ2v) is 5.13. The number of likely N-dealkylation sites (N-methyl/N-ethyl adjacent to an activating group) is 1. The lowest BCUT2D eigenvalue weighted by Gasteiger charge is -2.13. The molecule has 1 aromatic carbocycles. The van der Waals surface area contributed by atoms with Gasteiger partial charge in [-0.25, -0.2) is 0 Å². The number of hydrogen-bond acceptors (Lipinski definition) is 2. The molecular formula is C13H19BrN3O2+. The number of benzene rings is 1. The maximum Gasteiger partial charge on any atom is 0.275 e. The predicted octanol–water partition coefficient (Wildman–Crippen LogP) is -0.0643. The van der Waals surface area contributed by atoms with E-state index in [0.717, 1.165) is 10.0 Å². The third-order valence-corrected chi connectivity index (χ3v) is 3.21. The maximum absolute atomic E-state index is 11.7. The van der Waals surface area contributed by atoms with E-state index in [1.807, 2.05) is 31.2 Å². The molecule has 19 heavy (non-hydrogen) atoms. The summed E-state index contributed by atoms with van der Waals surface area (Å²) in [5.41, 5.74) is 1.04. The zero-order valence-electron chi connectivity index (χ0n) is 11.1. The van der Waals surface area contributed by atoms with Crippen LogP contribution in [0.1, 0.15) is 18.5 Å². The Balaban J connectivity index is 2.35. The molecule has 0 radical (unpaired) electrons. The lowest BCUT2D eigenvalue weighted by Crippen LogP contribution is -2.88. The van der Waals surface area contributed by atoms with E-state index in [9.17, 15) is 9.59 Å². The topological polar surface area (TPSA) is 74.8 Å². The second-order valence-electron chi connectivity index (χ2n) is 4.21. The van der Waals surface area contributed by atoms with Crippen molar-refractivity contribution in [2.24, 2.45) is 0 Å². The molecule has 1 atom stereocenters. The highest BCUT2D eigenvalue weighted by molar-refractivity contribution is 9.10. The minimum absolute atomic E-state index is 0.0472. The molecule has 0 bridgehead atoms. The fourth-order valence-electron chi connectivity index (χ4n) is 1.57. The fourth-order valence-corrected chi connectivity index (χ4v) is 1.84. The fraction of sp³-hybridized carbons (Fsp3) is 0.385. The number of hydrogen-bond donors (Lipinski definition) is 3. The van der Waals surface area contributed by atoms with Gasteiger partial charge in [0.1, 0.15) is 0 Å². The normalized spacial score (nSPS) is 11.7. The zero-order chi connectivity index (χ0) is 14.3. The highest BCUT2D eigenvalue weighted by Gasteiger charge is 2.11. The molecule has 0 saturated heterocycles. The molecule has 0 fully saturated rings. The van der Waals surface area contributed by atoms with Gasteiger partial charge < -0.3 is 16.0 Å². The van der Waals surface area contributed by atoms with Gasteiger partial charge in [0, 0.05) is 11.5 Å². The Kier molecular flexibility index (Phi) is 6.52. The van der Waals surface area contributed by atoms with Crippen LogP contribution in [0.25, 0.3) is 0 Å². The maximum atomic E-state index is 11.7. The van der Waals surface area contributed by atoms with E-state index < -0.39 is 0 Å². The lowest BCUT2D eigenvalue weighted by atomic mass is 10.1. The van der Waals surface area contributed by atoms with Gasteiger partial charge in [0.05, 0.1) is 6.04 Å². The zero-order valence-corrected chi connectivity index (χ0v) is 12.7. The van der Waals surface area contributed by atoms with E-state index in [-0.39, 0.29) is 30.9 Å². The predicted molar refractivity (Wildman–Crippen MR) is 76.4 cm³/mol. The molecule has 0 aliphatic heterocycles. The Morgan fingerprint density at radius 3 is 2.37 bits per heavy atom. The van der Waals surface area contributed by atoms with Crippen molar-refractivity contribution in [1.82, 2.24) is 10.6 Å². The number of carbonyl (C=O) groups excluding carboxylic acids is 2. The number of nitrogens with one attached hydrogen (secondary N) is 2. The molecule has 0 aliphatic carbocycles. The summed E-state index contributed by atoms with van der Waals surface area (Å²) in [4.78, 5) is 22.7. The van der Waals surface area contributed by atoms with E-state index in [4.69, 9.17) is 0 Å². The van der Waals surface area contributed by atoms with Crippen LogP contribution < -0.4 is 16.0 Å². The number of amides is 2. The second kappa shape index (κ2) is 7.91. The molecule has 0 saturated carbocycles. The average Bonchev–Trinajstić information content (AvgIpc) is 2.39. The smallest absolute Gasteiger partial charge is 0.275 e. The molecule has 0 heterocycles. The van der Waals surface area contributed by atoms with Crippen LogP contribution in [0.5, 0.6) is 0 Å². The van der Waals surface area contributed by atoms with Crippen LogP contribution in [0.15, 0.2) is 28.7 Å². The first-order valence-electron chi connectivity index (χ1n) is 6.10. The summed E-state index contributed by atoms with van der Waals surface area (Å²) in [6.45, 7) is 2.44. The van der Waals surface area contributed by atoms with Crippen LogP contribution in [0.3, 0.4) is 0 Å². The Morgan fingerprint density at radius 2 is 1.79 bits per heavy atom. The van der Waals surface area contributed by atoms with E-state index in [1.165, 1.54) is 0 Å². The summed E-state index contributed by atoms with van der Waals surface area (Å²) in [7, 11) is 1.58. The van der Waals surface area contributed by atoms with Gasteiger partial charge in [-0.05, 0) is 24.6 Å². The van der Waals surface area contributed by atoms with Crippen LogP contribution in [-0.4, -0.2) is 32.0 Å². The summed E-state index contributed by atoms with van der Waals surface area (Å²) in [5, 5.41) is 7.06. The van der Waals surface area contributed by atoms with Gasteiger partial charge in [-0.3, -0.25) is 9.59 Å². The monoisotopic (exact) mass is 328 g/mol. The van der Waals surface area contributed by atoms with E-state index in [0.29, 0.717) is 0 Å². The van der Waals surface area contributed by atoms with Crippen molar-refractivity contribution >= 4 is 27.7 Å². The van der Waals surface area contributed by atoms with Gasteiger partial charge in [0.2, 0.25) is 0 Å². The average molecular weight is 329 g/mol. The molecular weight excluding hydrogens is 310 g/mol. The lowest BCUT2D eigenvalue weighted by molar-refractivity contribution is -0.633. The van der Waals surface area contributed by atoms with Crippen molar-refractivity contribution in [3.8, 4) is 0 Å². The van der Waals surface area contributed by atoms with Crippen molar-refractivity contribution in [2.75, 3.05) is 20.1 Å². The number of rotatable bonds is 6. The molecule has 1 rings (SSSR count). The molecule has 104 valence electrons. The highest BCUT2D eigenvalue weighted by atomic mass is 79.9. The van der Waals surface area contributed by atoms with Gasteiger partial charge in [-0.2, -0.15) is 0 Å². The molecule has 0 unspecified atom stereocenters. The Bertz CT molecular complexity index is 434. The van der Waals surface area contributed by atoms with Crippen molar-refractivity contribution < 1.29 is 14.9 Å². The molecule has 1 aromatic rings. The first-order valence-corrected chi connectivity index (χ1v) is 6.89. The van der Waals surface area contributed by atoms with E-state index in [2.05, 4.69) is 26.6 Å². The Hall–Kier alpha value is -1.40. The van der Waals surface area contributed by atoms with Gasteiger partial charge in [-0.15, -0.1) is 0 Å². The third kappa shape index (κ3) is 5.85. The van der Waals surface area contributed by atoms with E-state index in [1.54, 1.807) is 12.4 Å². The van der Waals surface area contributed by atoms with Crippen LogP contribution in [0.4, 0.5) is 0 Å². The highest BCUT2D eigenvalue weighted by Crippen LogP contribution is 2.16. The van der Waals surface area contributed by atoms with Gasteiger partial charge in [-0.1, -0.05) is 28.1 Å². The van der Waals surface area contributed by atoms with Crippen molar-refractivity contribution in [3.63, 3.8) is 0 Å². The number of carbonyl (C=O) groups is 2. The van der Waals surface area contributed by atoms with Gasteiger partial charge in [0.25, 0.3) is 11.8 Å². The molecule has 5 nitrogen and oxygen atoms in total. The van der Waals surface area contributed by atoms with Crippen LogP contribution in [-0.2, 0) is 9.59 Å². The Morgan fingerprint density at radius 1 is 1.21 bits per heavy atom. The molecule has 0 aromatic heterocycles. The SMILES string of the molecule is CNC(=O)C[NH2+]CC(=O)N[C@@H](C)c1ccc(Br)cc1. The summed E-state index contributed by atoms with van der Waals surface area (Å²) in [5.74, 6) is -0.173. The minimum Gasteiger partial charge on any atom is -0.354 e. The minimum atomic E-state index is -0.0891. The quantitative estimate of drug-likeness (QED) is 0.684.